The number of hydrogen-bond donors (Lipinski definition) is 2. The molecule has 1 aliphatic heterocycles. The number of nitrogens with one attached hydrogen (secondary N) is 1. The first kappa shape index (κ1) is 25.8. The van der Waals surface area contributed by atoms with Gasteiger partial charge in [-0.05, 0) is 32.0 Å². The summed E-state index contributed by atoms with van der Waals surface area (Å²) in [7, 11) is 1.15. The molecular weight excluding hydrogens is 463 g/mol. The van der Waals surface area contributed by atoms with Crippen LogP contribution >= 0.6 is 0 Å². The minimum Gasteiger partial charge on any atom is -0.496 e. The van der Waals surface area contributed by atoms with E-state index in [0.717, 1.165) is 27.0 Å². The molecule has 1 unspecified atom stereocenters. The molecule has 1 saturated heterocycles. The lowest BCUT2D eigenvalue weighted by Crippen LogP contribution is -2.47. The summed E-state index contributed by atoms with van der Waals surface area (Å²) in [4.78, 5) is 17.0. The molecule has 1 fully saturated rings. The van der Waals surface area contributed by atoms with Gasteiger partial charge >= 0.3 is 6.18 Å². The molecule has 1 aromatic heterocycles. The highest BCUT2D eigenvalue weighted by Crippen LogP contribution is 2.55. The summed E-state index contributed by atoms with van der Waals surface area (Å²) in [5.74, 6) is -4.65. The zero-order valence-corrected chi connectivity index (χ0v) is 18.9. The molecule has 5 atom stereocenters. The molecule has 3 rings (SSSR count). The fourth-order valence-corrected chi connectivity index (χ4v) is 4.28. The predicted octanol–water partition coefficient (Wildman–Crippen LogP) is 4.83. The Balaban J connectivity index is 2.10. The van der Waals surface area contributed by atoms with E-state index >= 15 is 0 Å². The molecule has 0 saturated carbocycles. The van der Waals surface area contributed by atoms with Crippen molar-refractivity contribution in [1.29, 1.82) is 0 Å². The van der Waals surface area contributed by atoms with E-state index in [0.29, 0.717) is 5.69 Å². The van der Waals surface area contributed by atoms with Crippen LogP contribution in [0.2, 0.25) is 0 Å². The van der Waals surface area contributed by atoms with E-state index in [9.17, 15) is 26.7 Å². The number of ether oxygens (including phenoxy) is 2. The van der Waals surface area contributed by atoms with Crippen LogP contribution in [0, 0.1) is 11.7 Å². The molecule has 1 amide bonds. The number of aliphatic hydroxyl groups excluding tert-OH is 1. The topological polar surface area (TPSA) is 80.7 Å². The first-order valence-corrected chi connectivity index (χ1v) is 10.5. The number of halogens is 5. The van der Waals surface area contributed by atoms with Gasteiger partial charge in [0, 0.05) is 17.4 Å². The smallest absolute Gasteiger partial charge is 0.417 e. The van der Waals surface area contributed by atoms with Crippen LogP contribution in [-0.2, 0) is 16.1 Å². The Morgan fingerprint density at radius 1 is 1.32 bits per heavy atom. The molecule has 0 aliphatic carbocycles. The van der Waals surface area contributed by atoms with E-state index in [1.807, 2.05) is 0 Å². The lowest BCUT2D eigenvalue weighted by molar-refractivity contribution is -0.272. The summed E-state index contributed by atoms with van der Waals surface area (Å²) in [5.41, 5.74) is -2.65. The predicted molar refractivity (Wildman–Crippen MR) is 113 cm³/mol. The molecule has 2 aromatic rings. The minimum absolute atomic E-state index is 0.0257. The maximum Gasteiger partial charge on any atom is 0.417 e. The van der Waals surface area contributed by atoms with Crippen LogP contribution in [0.3, 0.4) is 0 Å². The van der Waals surface area contributed by atoms with Gasteiger partial charge in [-0.2, -0.15) is 13.2 Å². The van der Waals surface area contributed by atoms with Gasteiger partial charge in [-0.3, -0.25) is 9.78 Å². The zero-order valence-electron chi connectivity index (χ0n) is 18.9. The van der Waals surface area contributed by atoms with Crippen LogP contribution in [0.5, 0.6) is 5.75 Å². The molecule has 2 heterocycles. The van der Waals surface area contributed by atoms with Crippen molar-refractivity contribution in [1.82, 2.24) is 4.98 Å². The van der Waals surface area contributed by atoms with E-state index in [2.05, 4.69) is 10.3 Å². The van der Waals surface area contributed by atoms with Crippen LogP contribution in [-0.4, -0.2) is 41.0 Å². The van der Waals surface area contributed by atoms with E-state index in [4.69, 9.17) is 14.6 Å². The minimum atomic E-state index is -4.84. The van der Waals surface area contributed by atoms with Gasteiger partial charge in [-0.1, -0.05) is 13.0 Å². The Hall–Kier alpha value is -2.79. The summed E-state index contributed by atoms with van der Waals surface area (Å²) in [6.07, 6.45) is -7.08. The number of rotatable bonds is 6. The average Bonchev–Trinajstić information content (AvgIpc) is 3.05. The van der Waals surface area contributed by atoms with Crippen molar-refractivity contribution in [3.05, 3.63) is 53.1 Å². The molecule has 2 N–H and O–H groups in total. The van der Waals surface area contributed by atoms with Crippen molar-refractivity contribution in [2.24, 2.45) is 5.92 Å². The van der Waals surface area contributed by atoms with Gasteiger partial charge in [0.25, 0.3) is 5.91 Å². The van der Waals surface area contributed by atoms with Gasteiger partial charge in [-0.15, -0.1) is 0 Å². The third-order valence-electron chi connectivity index (χ3n) is 6.32. The third kappa shape index (κ3) is 4.46. The number of nitrogens with zero attached hydrogens (tertiary/aromatic N) is 1. The van der Waals surface area contributed by atoms with Crippen molar-refractivity contribution >= 4 is 11.6 Å². The van der Waals surface area contributed by atoms with Crippen LogP contribution in [0.15, 0.2) is 30.5 Å². The number of methoxy groups -OCH3 is 1. The number of hydrogen-bond acceptors (Lipinski definition) is 5. The van der Waals surface area contributed by atoms with Crippen LogP contribution in [0.1, 0.15) is 49.7 Å². The summed E-state index contributed by atoms with van der Waals surface area (Å²) in [5, 5.41) is 11.6. The number of benzene rings is 1. The maximum atomic E-state index is 14.4. The number of anilines is 1. The lowest BCUT2D eigenvalue weighted by atomic mass is 9.76. The summed E-state index contributed by atoms with van der Waals surface area (Å²) < 4.78 is 81.3. The summed E-state index contributed by atoms with van der Waals surface area (Å²) in [6.45, 7) is 2.85. The number of amides is 1. The Morgan fingerprint density at radius 2 is 2.00 bits per heavy atom. The van der Waals surface area contributed by atoms with E-state index in [-0.39, 0.29) is 23.6 Å². The second-order valence-corrected chi connectivity index (χ2v) is 8.34. The zero-order chi connectivity index (χ0) is 25.4. The van der Waals surface area contributed by atoms with Gasteiger partial charge < -0.3 is 19.9 Å². The van der Waals surface area contributed by atoms with Gasteiger partial charge in [-0.25, -0.2) is 8.78 Å². The normalized spacial score (nSPS) is 25.8. The van der Waals surface area contributed by atoms with Crippen molar-refractivity contribution in [2.75, 3.05) is 12.4 Å². The molecular formula is C23H25F5N2O4. The van der Waals surface area contributed by atoms with E-state index in [1.54, 1.807) is 0 Å². The van der Waals surface area contributed by atoms with Crippen molar-refractivity contribution in [3.8, 4) is 5.75 Å². The number of aliphatic hydroxyl groups is 1. The molecule has 186 valence electrons. The number of alkyl halides is 4. The second-order valence-electron chi connectivity index (χ2n) is 8.34. The fourth-order valence-electron chi connectivity index (χ4n) is 4.28. The van der Waals surface area contributed by atoms with Crippen LogP contribution in [0.4, 0.5) is 27.6 Å². The highest BCUT2D eigenvalue weighted by atomic mass is 19.4. The largest absolute Gasteiger partial charge is 0.496 e. The third-order valence-corrected chi connectivity index (χ3v) is 6.32. The average molecular weight is 488 g/mol. The van der Waals surface area contributed by atoms with E-state index < -0.39 is 53.2 Å². The Bertz CT molecular complexity index is 1040. The fraction of sp³-hybridized carbons (Fsp3) is 0.478. The molecule has 0 bridgehead atoms. The Morgan fingerprint density at radius 3 is 2.50 bits per heavy atom. The van der Waals surface area contributed by atoms with Gasteiger partial charge in [0.05, 0.1) is 36.9 Å². The Kier molecular flexibility index (Phi) is 7.18. The number of aromatic nitrogens is 1. The first-order chi connectivity index (χ1) is 15.9. The van der Waals surface area contributed by atoms with Gasteiger partial charge in [0.15, 0.2) is 5.60 Å². The number of carbonyl (C=O) groups is 1. The molecule has 11 heteroatoms. The van der Waals surface area contributed by atoms with Crippen LogP contribution in [0.25, 0.3) is 0 Å². The molecule has 6 nitrogen and oxygen atoms in total. The maximum absolute atomic E-state index is 14.4. The molecule has 1 aromatic carbocycles. The molecule has 0 spiro atoms. The monoisotopic (exact) mass is 488 g/mol. The van der Waals surface area contributed by atoms with Crippen molar-refractivity contribution in [3.63, 3.8) is 0 Å². The summed E-state index contributed by atoms with van der Waals surface area (Å²) >= 11 is 0. The number of carbonyl (C=O) groups excluding carboxylic acids is 1. The first-order valence-electron chi connectivity index (χ1n) is 10.5. The van der Waals surface area contributed by atoms with Crippen molar-refractivity contribution < 1.29 is 41.3 Å². The molecule has 1 aliphatic rings. The SMILES string of the molecule is COc1c([C@@H]2[C@@H](C(=O)Nc3ccc(CO)nc3)O[C@](C)(C(F)(F)F)[C@@H]2C)ccc(F)c1C(C)F. The van der Waals surface area contributed by atoms with Crippen LogP contribution < -0.4 is 10.1 Å². The molecule has 0 radical (unpaired) electrons. The van der Waals surface area contributed by atoms with E-state index in [1.165, 1.54) is 31.3 Å². The second kappa shape index (κ2) is 9.46. The standard InChI is InChI=1S/C23H25F5N2O4/c1-11-17(15-7-8-16(25)18(12(2)24)19(15)33-4)20(34-22(11,3)23(26,27)28)21(32)30-13-5-6-14(10-31)29-9-13/h5-9,11-12,17,20,31H,10H2,1-4H3,(H,30,32)/t11-,12?,17-,20+,22+/m1/s1. The highest BCUT2D eigenvalue weighted by molar-refractivity contribution is 5.95. The lowest BCUT2D eigenvalue weighted by Gasteiger charge is -2.32. The highest BCUT2D eigenvalue weighted by Gasteiger charge is 2.65. The van der Waals surface area contributed by atoms with Gasteiger partial charge in [0.2, 0.25) is 0 Å². The van der Waals surface area contributed by atoms with Crippen molar-refractivity contribution in [2.45, 2.75) is 57.3 Å². The number of pyridine rings is 1. The summed E-state index contributed by atoms with van der Waals surface area (Å²) in [6, 6.07) is 4.98. The Labute approximate surface area is 193 Å². The molecule has 34 heavy (non-hydrogen) atoms. The quantitative estimate of drug-likeness (QED) is 0.570. The van der Waals surface area contributed by atoms with Gasteiger partial charge in [0.1, 0.15) is 23.8 Å².